The summed E-state index contributed by atoms with van der Waals surface area (Å²) in [6, 6.07) is 13.6. The van der Waals surface area contributed by atoms with Crippen molar-refractivity contribution in [1.29, 1.82) is 0 Å². The Morgan fingerprint density at radius 3 is 1.75 bits per heavy atom. The van der Waals surface area contributed by atoms with E-state index in [4.69, 9.17) is 4.74 Å². The molecule has 0 aliphatic heterocycles. The summed E-state index contributed by atoms with van der Waals surface area (Å²) in [6.45, 7) is 3.45. The molecule has 0 aromatic heterocycles. The lowest BCUT2D eigenvalue weighted by molar-refractivity contribution is -0.245. The van der Waals surface area contributed by atoms with E-state index in [1.807, 2.05) is 6.07 Å². The molecule has 0 aliphatic carbocycles. The van der Waals surface area contributed by atoms with Gasteiger partial charge in [-0.2, -0.15) is 47.9 Å². The molecule has 0 saturated carbocycles. The van der Waals surface area contributed by atoms with E-state index >= 15 is 0 Å². The van der Waals surface area contributed by atoms with Crippen molar-refractivity contribution in [3.05, 3.63) is 78.4 Å². The third-order valence-corrected chi connectivity index (χ3v) is 10.1. The fraction of sp³-hybridized carbons (Fsp3) is 0.217. The Labute approximate surface area is 243 Å². The van der Waals surface area contributed by atoms with Crippen molar-refractivity contribution in [3.63, 3.8) is 0 Å². The van der Waals surface area contributed by atoms with Crippen LogP contribution in [0, 0.1) is 0 Å². The molecule has 0 atom stereocenters. The van der Waals surface area contributed by atoms with Crippen LogP contribution >= 0.6 is 0 Å². The zero-order chi connectivity index (χ0) is 33.6. The van der Waals surface area contributed by atoms with Crippen LogP contribution in [0.4, 0.5) is 39.5 Å². The highest BCUT2D eigenvalue weighted by Crippen LogP contribution is 2.51. The van der Waals surface area contributed by atoms with E-state index in [0.717, 1.165) is 28.5 Å². The minimum atomic E-state index is -7.88. The fourth-order valence-electron chi connectivity index (χ4n) is 3.19. The molecule has 0 spiro atoms. The lowest BCUT2D eigenvalue weighted by atomic mass is 10.1. The molecular weight excluding hydrogens is 685 g/mol. The standard InChI is InChI=1S/C23H16F9NO8S3/c1-2-14-3-6-17-12-19(10-7-16(17)11-14)40-13-15-4-8-18(9-5-15)41-44(38,39)22(28,29)20(24,25)21(26,27)42(34,35)33-43(36,37)23(30,31)32/h2-12,33H,1,13H2. The number of alkyl halides is 9. The van der Waals surface area contributed by atoms with Crippen LogP contribution in [-0.2, 0) is 36.8 Å². The molecule has 3 aromatic carbocycles. The number of fused-ring (bicyclic) bond motifs is 1. The second-order valence-electron chi connectivity index (χ2n) is 8.59. The first-order chi connectivity index (χ1) is 19.9. The van der Waals surface area contributed by atoms with Gasteiger partial charge in [-0.15, -0.1) is 0 Å². The van der Waals surface area contributed by atoms with Gasteiger partial charge in [0, 0.05) is 0 Å². The van der Waals surface area contributed by atoms with Gasteiger partial charge >= 0.3 is 42.1 Å². The Kier molecular flexibility index (Phi) is 9.06. The van der Waals surface area contributed by atoms with Gasteiger partial charge in [-0.1, -0.05) is 47.1 Å². The highest BCUT2D eigenvalue weighted by Gasteiger charge is 2.83. The first-order valence-electron chi connectivity index (χ1n) is 11.2. The van der Waals surface area contributed by atoms with Crippen LogP contribution in [0.1, 0.15) is 11.1 Å². The maximum atomic E-state index is 14.3. The topological polar surface area (TPSA) is 133 Å². The number of halogens is 9. The molecular formula is C23H16F9NO8S3. The van der Waals surface area contributed by atoms with Gasteiger partial charge in [-0.25, -0.2) is 16.8 Å². The number of ether oxygens (including phenoxy) is 1. The molecule has 242 valence electrons. The van der Waals surface area contributed by atoms with Crippen LogP contribution in [0.5, 0.6) is 11.5 Å². The Hall–Kier alpha value is -3.56. The average Bonchev–Trinajstić information content (AvgIpc) is 2.90. The number of sulfonamides is 2. The lowest BCUT2D eigenvalue weighted by Gasteiger charge is -2.31. The van der Waals surface area contributed by atoms with E-state index < -0.39 is 62.0 Å². The van der Waals surface area contributed by atoms with Crippen molar-refractivity contribution in [2.45, 2.75) is 28.5 Å². The van der Waals surface area contributed by atoms with E-state index in [1.165, 1.54) is 0 Å². The van der Waals surface area contributed by atoms with Crippen LogP contribution in [0.25, 0.3) is 16.8 Å². The third kappa shape index (κ3) is 6.44. The van der Waals surface area contributed by atoms with Crippen LogP contribution in [0.15, 0.2) is 67.2 Å². The molecule has 0 amide bonds. The minimum absolute atomic E-state index is 0.213. The van der Waals surface area contributed by atoms with Crippen molar-refractivity contribution in [3.8, 4) is 11.5 Å². The SMILES string of the molecule is C=Cc1ccc2cc(OCc3ccc(OS(=O)(=O)C(F)(F)C(F)(F)C(F)(F)S(=O)(=O)NS(=O)(=O)C(F)(F)F)cc3)ccc2c1. The largest absolute Gasteiger partial charge is 0.512 e. The van der Waals surface area contributed by atoms with E-state index in [9.17, 15) is 64.8 Å². The molecule has 0 heterocycles. The van der Waals surface area contributed by atoms with Gasteiger partial charge in [0.25, 0.3) is 10.0 Å². The summed E-state index contributed by atoms with van der Waals surface area (Å²) in [4.78, 5) is 0. The molecule has 3 rings (SSSR count). The van der Waals surface area contributed by atoms with E-state index in [0.29, 0.717) is 17.9 Å². The summed E-state index contributed by atoms with van der Waals surface area (Å²) >= 11 is 0. The number of hydrogen-bond acceptors (Lipinski definition) is 8. The molecule has 9 nitrogen and oxygen atoms in total. The summed E-state index contributed by atoms with van der Waals surface area (Å²) in [5.74, 6) is -8.40. The zero-order valence-corrected chi connectivity index (χ0v) is 23.6. The van der Waals surface area contributed by atoms with Crippen LogP contribution < -0.4 is 13.0 Å². The van der Waals surface area contributed by atoms with Gasteiger partial charge in [0.15, 0.2) is 0 Å². The number of benzene rings is 3. The van der Waals surface area contributed by atoms with Crippen LogP contribution in [-0.4, -0.2) is 47.2 Å². The van der Waals surface area contributed by atoms with Crippen molar-refractivity contribution < 1.29 is 73.7 Å². The van der Waals surface area contributed by atoms with Gasteiger partial charge in [0.05, 0.1) is 0 Å². The summed E-state index contributed by atoms with van der Waals surface area (Å²) in [5, 5.41) is -13.0. The molecule has 0 aliphatic rings. The maximum Gasteiger partial charge on any atom is 0.512 e. The Morgan fingerprint density at radius 2 is 1.20 bits per heavy atom. The van der Waals surface area contributed by atoms with Crippen molar-refractivity contribution in [1.82, 2.24) is 4.13 Å². The van der Waals surface area contributed by atoms with Crippen LogP contribution in [0.3, 0.4) is 0 Å². The van der Waals surface area contributed by atoms with Crippen molar-refractivity contribution in [2.24, 2.45) is 0 Å². The summed E-state index contributed by atoms with van der Waals surface area (Å²) in [5.41, 5.74) is -5.58. The van der Waals surface area contributed by atoms with Crippen LogP contribution in [0.2, 0.25) is 0 Å². The highest BCUT2D eigenvalue weighted by atomic mass is 32.3. The molecule has 0 bridgehead atoms. The number of hydrogen-bond donors (Lipinski definition) is 1. The smallest absolute Gasteiger partial charge is 0.489 e. The molecule has 0 radical (unpaired) electrons. The Balaban J connectivity index is 1.77. The quantitative estimate of drug-likeness (QED) is 0.197. The van der Waals surface area contributed by atoms with E-state index in [1.54, 1.807) is 36.4 Å². The number of nitrogens with one attached hydrogen (secondary N) is 1. The zero-order valence-electron chi connectivity index (χ0n) is 21.2. The second kappa shape index (κ2) is 11.4. The van der Waals surface area contributed by atoms with Gasteiger partial charge < -0.3 is 8.92 Å². The van der Waals surface area contributed by atoms with Crippen molar-refractivity contribution >= 4 is 47.0 Å². The second-order valence-corrected chi connectivity index (χ2v) is 13.8. The highest BCUT2D eigenvalue weighted by molar-refractivity contribution is 8.05. The molecule has 44 heavy (non-hydrogen) atoms. The molecule has 0 unspecified atom stereocenters. The van der Waals surface area contributed by atoms with Gasteiger partial charge in [-0.05, 0) is 52.2 Å². The number of rotatable bonds is 12. The minimum Gasteiger partial charge on any atom is -0.489 e. The predicted octanol–water partition coefficient (Wildman–Crippen LogP) is 5.36. The van der Waals surface area contributed by atoms with E-state index in [2.05, 4.69) is 10.8 Å². The predicted molar refractivity (Wildman–Crippen MR) is 136 cm³/mol. The summed E-state index contributed by atoms with van der Waals surface area (Å²) < 4.78 is 198. The monoisotopic (exact) mass is 701 g/mol. The molecule has 0 saturated heterocycles. The first kappa shape index (κ1) is 34.9. The van der Waals surface area contributed by atoms with Gasteiger partial charge in [0.2, 0.25) is 0 Å². The van der Waals surface area contributed by atoms with Crippen molar-refractivity contribution in [2.75, 3.05) is 0 Å². The Bertz CT molecular complexity index is 1890. The fourth-order valence-corrected chi connectivity index (χ4v) is 6.58. The Morgan fingerprint density at radius 1 is 0.682 bits per heavy atom. The normalized spacial score (nSPS) is 13.9. The molecule has 3 aromatic rings. The molecule has 0 fully saturated rings. The maximum absolute atomic E-state index is 14.3. The third-order valence-electron chi connectivity index (χ3n) is 5.51. The lowest BCUT2D eigenvalue weighted by Crippen LogP contribution is -2.64. The first-order valence-corrected chi connectivity index (χ1v) is 15.6. The molecule has 21 heteroatoms. The summed E-state index contributed by atoms with van der Waals surface area (Å²) in [6.07, 6.45) is 1.64. The summed E-state index contributed by atoms with van der Waals surface area (Å²) in [7, 11) is -22.5. The average molecular weight is 702 g/mol. The van der Waals surface area contributed by atoms with Gasteiger partial charge in [0.1, 0.15) is 18.1 Å². The molecule has 1 N–H and O–H groups in total. The van der Waals surface area contributed by atoms with E-state index in [-0.39, 0.29) is 12.2 Å². The van der Waals surface area contributed by atoms with Gasteiger partial charge in [-0.3, -0.25) is 0 Å².